The Kier molecular flexibility index (Phi) is 8.99. The molecule has 1 fully saturated rings. The number of allylic oxidation sites excluding steroid dienone is 2. The van der Waals surface area contributed by atoms with Crippen molar-refractivity contribution >= 4 is 27.6 Å². The minimum absolute atomic E-state index is 0.129. The number of unbranched alkanes of at least 4 members (excludes halogenated alkanes) is 1. The maximum atomic E-state index is 12.5. The van der Waals surface area contributed by atoms with E-state index in [-0.39, 0.29) is 16.7 Å². The van der Waals surface area contributed by atoms with Gasteiger partial charge in [-0.3, -0.25) is 4.79 Å². The number of aliphatic carboxylic acids is 1. The Balaban J connectivity index is 1.88. The molecule has 2 rings (SSSR count). The Morgan fingerprint density at radius 2 is 1.82 bits per heavy atom. The Morgan fingerprint density at radius 1 is 1.14 bits per heavy atom. The van der Waals surface area contributed by atoms with Crippen molar-refractivity contribution in [1.82, 2.24) is 4.72 Å². The van der Waals surface area contributed by atoms with Gasteiger partial charge in [-0.2, -0.15) is 0 Å². The highest BCUT2D eigenvalue weighted by molar-refractivity contribution is 7.89. The molecule has 1 aliphatic rings. The van der Waals surface area contributed by atoms with Gasteiger partial charge in [0.05, 0.1) is 4.90 Å². The smallest absolute Gasteiger partial charge is 0.303 e. The molecule has 0 saturated heterocycles. The summed E-state index contributed by atoms with van der Waals surface area (Å²) in [6, 6.07) is 6.18. The molecule has 0 atom stereocenters. The number of benzene rings is 1. The second kappa shape index (κ2) is 11.0. The van der Waals surface area contributed by atoms with Crippen LogP contribution < -0.4 is 4.72 Å². The molecule has 2 N–H and O–H groups in total. The summed E-state index contributed by atoms with van der Waals surface area (Å²) in [6.07, 6.45) is 13.4. The Labute approximate surface area is 173 Å². The van der Waals surface area contributed by atoms with E-state index in [0.29, 0.717) is 18.0 Å². The second-order valence-electron chi connectivity index (χ2n) is 7.62. The fourth-order valence-electron chi connectivity index (χ4n) is 3.83. The number of carbonyl (C=O) groups is 1. The molecule has 0 bridgehead atoms. The van der Waals surface area contributed by atoms with Crippen LogP contribution in [-0.2, 0) is 14.8 Å². The van der Waals surface area contributed by atoms with Gasteiger partial charge in [0.1, 0.15) is 0 Å². The highest BCUT2D eigenvalue weighted by Gasteiger charge is 2.30. The first-order valence-electron chi connectivity index (χ1n) is 9.95. The molecule has 0 spiro atoms. The van der Waals surface area contributed by atoms with Crippen LogP contribution in [0.1, 0.15) is 64.2 Å². The van der Waals surface area contributed by atoms with Crippen molar-refractivity contribution in [3.8, 4) is 0 Å². The molecule has 5 nitrogen and oxygen atoms in total. The topological polar surface area (TPSA) is 83.5 Å². The minimum Gasteiger partial charge on any atom is -0.481 e. The normalized spacial score (nSPS) is 17.0. The van der Waals surface area contributed by atoms with Gasteiger partial charge in [-0.1, -0.05) is 43.0 Å². The van der Waals surface area contributed by atoms with Gasteiger partial charge in [0.15, 0.2) is 0 Å². The van der Waals surface area contributed by atoms with E-state index in [9.17, 15) is 13.2 Å². The van der Waals surface area contributed by atoms with Gasteiger partial charge in [-0.15, -0.1) is 0 Å². The number of halogens is 1. The summed E-state index contributed by atoms with van der Waals surface area (Å²) in [6.45, 7) is 0.414. The average molecular weight is 428 g/mol. The fraction of sp³-hybridized carbons (Fsp3) is 0.571. The number of hydrogen-bond donors (Lipinski definition) is 2. The van der Waals surface area contributed by atoms with Crippen LogP contribution in [0.15, 0.2) is 41.3 Å². The predicted octanol–water partition coefficient (Wildman–Crippen LogP) is 5.16. The zero-order chi connectivity index (χ0) is 20.5. The van der Waals surface area contributed by atoms with Crippen LogP contribution in [0.3, 0.4) is 0 Å². The van der Waals surface area contributed by atoms with Crippen molar-refractivity contribution in [2.75, 3.05) is 6.54 Å². The van der Waals surface area contributed by atoms with Crippen LogP contribution in [-0.4, -0.2) is 26.0 Å². The molecule has 0 aliphatic heterocycles. The molecule has 0 aromatic heterocycles. The maximum absolute atomic E-state index is 12.5. The van der Waals surface area contributed by atoms with Gasteiger partial charge in [0, 0.05) is 18.0 Å². The van der Waals surface area contributed by atoms with Crippen molar-refractivity contribution in [3.63, 3.8) is 0 Å². The van der Waals surface area contributed by atoms with E-state index in [4.69, 9.17) is 16.7 Å². The predicted molar refractivity (Wildman–Crippen MR) is 112 cm³/mol. The molecule has 1 aliphatic carbocycles. The minimum atomic E-state index is -3.53. The standard InChI is InChI=1S/C21H30ClNO4S/c22-18-9-11-19(12-10-18)28(26,27)23-17-16-21(14-6-3-7-15-21)13-5-2-1-4-8-20(24)25/h2,5,9-12,23H,1,3-4,6-8,13-17H2,(H,24,25)/b5-2-. The molecular formula is C21H30ClNO4S. The first-order chi connectivity index (χ1) is 13.3. The van der Waals surface area contributed by atoms with E-state index >= 15 is 0 Å². The van der Waals surface area contributed by atoms with E-state index in [0.717, 1.165) is 32.1 Å². The molecule has 0 heterocycles. The zero-order valence-electron chi connectivity index (χ0n) is 16.2. The van der Waals surface area contributed by atoms with Gasteiger partial charge >= 0.3 is 5.97 Å². The number of carboxylic acid groups (broad SMARTS) is 1. The highest BCUT2D eigenvalue weighted by atomic mass is 35.5. The summed E-state index contributed by atoms with van der Waals surface area (Å²) in [4.78, 5) is 10.8. The number of carboxylic acids is 1. The Hall–Kier alpha value is -1.37. The lowest BCUT2D eigenvalue weighted by Gasteiger charge is -2.37. The number of rotatable bonds is 11. The van der Waals surface area contributed by atoms with Crippen molar-refractivity contribution in [2.24, 2.45) is 5.41 Å². The van der Waals surface area contributed by atoms with E-state index in [1.165, 1.54) is 31.4 Å². The third kappa shape index (κ3) is 7.57. The van der Waals surface area contributed by atoms with Crippen LogP contribution >= 0.6 is 11.6 Å². The molecule has 0 radical (unpaired) electrons. The Bertz CT molecular complexity index is 753. The van der Waals surface area contributed by atoms with E-state index in [1.54, 1.807) is 12.1 Å². The van der Waals surface area contributed by atoms with Crippen LogP contribution in [0.2, 0.25) is 5.02 Å². The number of nitrogens with one attached hydrogen (secondary N) is 1. The summed E-state index contributed by atoms with van der Waals surface area (Å²) in [5.41, 5.74) is 0.129. The van der Waals surface area contributed by atoms with Crippen molar-refractivity contribution in [2.45, 2.75) is 69.1 Å². The van der Waals surface area contributed by atoms with Gasteiger partial charge in [0.25, 0.3) is 0 Å². The van der Waals surface area contributed by atoms with Crippen LogP contribution in [0, 0.1) is 5.41 Å². The average Bonchev–Trinajstić information content (AvgIpc) is 2.65. The van der Waals surface area contributed by atoms with E-state index in [2.05, 4.69) is 16.9 Å². The molecule has 1 aromatic rings. The molecule has 28 heavy (non-hydrogen) atoms. The number of hydrogen-bond acceptors (Lipinski definition) is 3. The van der Waals surface area contributed by atoms with Gasteiger partial charge < -0.3 is 5.11 Å². The van der Waals surface area contributed by atoms with Gasteiger partial charge in [-0.25, -0.2) is 13.1 Å². The lowest BCUT2D eigenvalue weighted by atomic mass is 9.69. The molecule has 0 unspecified atom stereocenters. The SMILES string of the molecule is O=C(O)CCC/C=C\CC1(CCNS(=O)(=O)c2ccc(Cl)cc2)CCCCC1. The molecule has 0 amide bonds. The van der Waals surface area contributed by atoms with Crippen LogP contribution in [0.4, 0.5) is 0 Å². The summed E-state index contributed by atoms with van der Waals surface area (Å²) in [5, 5.41) is 9.20. The summed E-state index contributed by atoms with van der Waals surface area (Å²) in [5.74, 6) is -0.759. The fourth-order valence-corrected chi connectivity index (χ4v) is 4.99. The van der Waals surface area contributed by atoms with E-state index in [1.807, 2.05) is 0 Å². The van der Waals surface area contributed by atoms with Gasteiger partial charge in [-0.05, 0) is 68.2 Å². The van der Waals surface area contributed by atoms with Crippen molar-refractivity contribution in [1.29, 1.82) is 0 Å². The molecule has 1 saturated carbocycles. The largest absolute Gasteiger partial charge is 0.481 e. The van der Waals surface area contributed by atoms with E-state index < -0.39 is 16.0 Å². The maximum Gasteiger partial charge on any atom is 0.303 e. The zero-order valence-corrected chi connectivity index (χ0v) is 17.8. The summed E-state index contributed by atoms with van der Waals surface area (Å²) < 4.78 is 27.7. The van der Waals surface area contributed by atoms with Crippen molar-refractivity contribution < 1.29 is 18.3 Å². The monoisotopic (exact) mass is 427 g/mol. The molecular weight excluding hydrogens is 398 g/mol. The third-order valence-electron chi connectivity index (χ3n) is 5.46. The lowest BCUT2D eigenvalue weighted by Crippen LogP contribution is -2.32. The van der Waals surface area contributed by atoms with Crippen molar-refractivity contribution in [3.05, 3.63) is 41.4 Å². The Morgan fingerprint density at radius 3 is 2.46 bits per heavy atom. The molecule has 156 valence electrons. The highest BCUT2D eigenvalue weighted by Crippen LogP contribution is 2.42. The van der Waals surface area contributed by atoms with Crippen LogP contribution in [0.5, 0.6) is 0 Å². The summed E-state index contributed by atoms with van der Waals surface area (Å²) in [7, 11) is -3.53. The third-order valence-corrected chi connectivity index (χ3v) is 7.19. The summed E-state index contributed by atoms with van der Waals surface area (Å²) >= 11 is 5.83. The number of sulfonamides is 1. The lowest BCUT2D eigenvalue weighted by molar-refractivity contribution is -0.137. The van der Waals surface area contributed by atoms with Gasteiger partial charge in [0.2, 0.25) is 10.0 Å². The molecule has 1 aromatic carbocycles. The quantitative estimate of drug-likeness (QED) is 0.377. The molecule has 7 heteroatoms. The second-order valence-corrected chi connectivity index (χ2v) is 9.83. The van der Waals surface area contributed by atoms with Crippen LogP contribution in [0.25, 0.3) is 0 Å². The first kappa shape index (κ1) is 22.9. The first-order valence-corrected chi connectivity index (χ1v) is 11.8.